The van der Waals surface area contributed by atoms with Crippen molar-refractivity contribution in [3.8, 4) is 11.5 Å². The number of fused-ring (bicyclic) bond motifs is 1. The summed E-state index contributed by atoms with van der Waals surface area (Å²) in [5.41, 5.74) is 3.82. The van der Waals surface area contributed by atoms with E-state index in [0.717, 1.165) is 47.6 Å². The van der Waals surface area contributed by atoms with E-state index in [1.165, 1.54) is 5.56 Å². The highest BCUT2D eigenvalue weighted by molar-refractivity contribution is 7.98. The zero-order valence-corrected chi connectivity index (χ0v) is 17.7. The SMILES string of the molecule is Cc1ccc(-c2nc(CSc3nc4ccccc4c(=O)n3C3CCCC3)co2)cc1. The Morgan fingerprint density at radius 3 is 2.63 bits per heavy atom. The van der Waals surface area contributed by atoms with Gasteiger partial charge in [0.05, 0.1) is 16.6 Å². The molecule has 6 heteroatoms. The number of aromatic nitrogens is 3. The first-order valence-electron chi connectivity index (χ1n) is 10.3. The molecule has 1 fully saturated rings. The summed E-state index contributed by atoms with van der Waals surface area (Å²) < 4.78 is 7.61. The Morgan fingerprint density at radius 2 is 1.83 bits per heavy atom. The number of rotatable bonds is 5. The molecule has 1 saturated carbocycles. The number of hydrogen-bond donors (Lipinski definition) is 0. The van der Waals surface area contributed by atoms with E-state index in [1.54, 1.807) is 18.0 Å². The Hall–Kier alpha value is -2.86. The maximum Gasteiger partial charge on any atom is 0.262 e. The molecule has 0 aliphatic heterocycles. The van der Waals surface area contributed by atoms with Gasteiger partial charge >= 0.3 is 0 Å². The summed E-state index contributed by atoms with van der Waals surface area (Å²) in [5, 5.41) is 1.46. The number of hydrogen-bond acceptors (Lipinski definition) is 5. The van der Waals surface area contributed by atoms with Gasteiger partial charge in [0, 0.05) is 17.4 Å². The predicted octanol–water partition coefficient (Wildman–Crippen LogP) is 5.77. The van der Waals surface area contributed by atoms with Crippen LogP contribution in [0.2, 0.25) is 0 Å². The molecule has 0 saturated heterocycles. The molecule has 0 radical (unpaired) electrons. The third-order valence-corrected chi connectivity index (χ3v) is 6.65. The Balaban J connectivity index is 1.44. The maximum absolute atomic E-state index is 13.2. The second-order valence-electron chi connectivity index (χ2n) is 7.82. The van der Waals surface area contributed by atoms with Gasteiger partial charge in [-0.25, -0.2) is 9.97 Å². The van der Waals surface area contributed by atoms with Crippen molar-refractivity contribution in [3.63, 3.8) is 0 Å². The normalized spacial score (nSPS) is 14.6. The second-order valence-corrected chi connectivity index (χ2v) is 8.77. The minimum Gasteiger partial charge on any atom is -0.444 e. The molecule has 30 heavy (non-hydrogen) atoms. The first-order chi connectivity index (χ1) is 14.7. The van der Waals surface area contributed by atoms with Crippen molar-refractivity contribution in [1.82, 2.24) is 14.5 Å². The van der Waals surface area contributed by atoms with E-state index < -0.39 is 0 Å². The minimum absolute atomic E-state index is 0.0653. The lowest BCUT2D eigenvalue weighted by Gasteiger charge is -2.18. The highest BCUT2D eigenvalue weighted by Crippen LogP contribution is 2.33. The van der Waals surface area contributed by atoms with Crippen molar-refractivity contribution >= 4 is 22.7 Å². The first kappa shape index (κ1) is 19.1. The van der Waals surface area contributed by atoms with E-state index in [2.05, 4.69) is 11.9 Å². The number of aryl methyl sites for hydroxylation is 1. The van der Waals surface area contributed by atoms with Gasteiger partial charge < -0.3 is 4.42 Å². The molecule has 0 bridgehead atoms. The molecule has 1 aliphatic rings. The number of oxazole rings is 1. The molecule has 0 N–H and O–H groups in total. The van der Waals surface area contributed by atoms with Crippen molar-refractivity contribution in [2.45, 2.75) is 49.6 Å². The summed E-state index contributed by atoms with van der Waals surface area (Å²) in [6.07, 6.45) is 6.10. The zero-order valence-electron chi connectivity index (χ0n) is 16.9. The molecule has 2 heterocycles. The molecule has 0 unspecified atom stereocenters. The van der Waals surface area contributed by atoms with Crippen molar-refractivity contribution in [3.05, 3.63) is 76.4 Å². The summed E-state index contributed by atoms with van der Waals surface area (Å²) in [6, 6.07) is 16.0. The van der Waals surface area contributed by atoms with Gasteiger partial charge in [0.15, 0.2) is 5.16 Å². The number of thioether (sulfide) groups is 1. The van der Waals surface area contributed by atoms with Crippen LogP contribution in [0.4, 0.5) is 0 Å². The predicted molar refractivity (Wildman–Crippen MR) is 120 cm³/mol. The van der Waals surface area contributed by atoms with E-state index in [9.17, 15) is 4.79 Å². The molecule has 5 nitrogen and oxygen atoms in total. The van der Waals surface area contributed by atoms with Crippen LogP contribution in [-0.4, -0.2) is 14.5 Å². The van der Waals surface area contributed by atoms with Crippen LogP contribution in [0.3, 0.4) is 0 Å². The Labute approximate surface area is 179 Å². The number of benzene rings is 2. The molecule has 1 aliphatic carbocycles. The van der Waals surface area contributed by atoms with Crippen LogP contribution in [0.25, 0.3) is 22.4 Å². The van der Waals surface area contributed by atoms with Crippen LogP contribution in [0.1, 0.15) is 43.0 Å². The zero-order chi connectivity index (χ0) is 20.5. The Kier molecular flexibility index (Phi) is 5.17. The van der Waals surface area contributed by atoms with Gasteiger partial charge in [0.1, 0.15) is 6.26 Å². The monoisotopic (exact) mass is 417 g/mol. The van der Waals surface area contributed by atoms with Crippen molar-refractivity contribution < 1.29 is 4.42 Å². The fraction of sp³-hybridized carbons (Fsp3) is 0.292. The fourth-order valence-corrected chi connectivity index (χ4v) is 5.00. The highest BCUT2D eigenvalue weighted by Gasteiger charge is 2.23. The van der Waals surface area contributed by atoms with Gasteiger partial charge in [0.25, 0.3) is 5.56 Å². The third-order valence-electron chi connectivity index (χ3n) is 5.66. The molecule has 2 aromatic heterocycles. The lowest BCUT2D eigenvalue weighted by Crippen LogP contribution is -2.26. The van der Waals surface area contributed by atoms with Gasteiger partial charge in [-0.05, 0) is 44.0 Å². The van der Waals surface area contributed by atoms with Gasteiger partial charge in [-0.2, -0.15) is 0 Å². The molecular weight excluding hydrogens is 394 g/mol. The quantitative estimate of drug-likeness (QED) is 0.305. The molecule has 0 atom stereocenters. The first-order valence-corrected chi connectivity index (χ1v) is 11.3. The largest absolute Gasteiger partial charge is 0.444 e. The lowest BCUT2D eigenvalue weighted by atomic mass is 10.1. The average molecular weight is 418 g/mol. The van der Waals surface area contributed by atoms with E-state index in [4.69, 9.17) is 9.40 Å². The molecule has 0 spiro atoms. The summed E-state index contributed by atoms with van der Waals surface area (Å²) >= 11 is 1.56. The van der Waals surface area contributed by atoms with Crippen LogP contribution < -0.4 is 5.56 Å². The van der Waals surface area contributed by atoms with Gasteiger partial charge in [-0.15, -0.1) is 0 Å². The van der Waals surface area contributed by atoms with Gasteiger partial charge in [-0.1, -0.05) is 54.4 Å². The number of nitrogens with zero attached hydrogens (tertiary/aromatic N) is 3. The van der Waals surface area contributed by atoms with Crippen molar-refractivity contribution in [1.29, 1.82) is 0 Å². The molecule has 152 valence electrons. The van der Waals surface area contributed by atoms with E-state index in [1.807, 2.05) is 53.1 Å². The molecule has 0 amide bonds. The van der Waals surface area contributed by atoms with Gasteiger partial charge in [-0.3, -0.25) is 9.36 Å². The van der Waals surface area contributed by atoms with Gasteiger partial charge in [0.2, 0.25) is 5.89 Å². The lowest BCUT2D eigenvalue weighted by molar-refractivity contribution is 0.457. The topological polar surface area (TPSA) is 60.9 Å². The maximum atomic E-state index is 13.2. The van der Waals surface area contributed by atoms with E-state index in [-0.39, 0.29) is 11.6 Å². The third kappa shape index (κ3) is 3.67. The standard InChI is InChI=1S/C24H23N3O2S/c1-16-10-12-17(13-11-16)22-25-18(14-29-22)15-30-24-26-21-9-5-4-8-20(21)23(28)27(24)19-6-2-3-7-19/h4-5,8-14,19H,2-3,6-7,15H2,1H3. The highest BCUT2D eigenvalue weighted by atomic mass is 32.2. The van der Waals surface area contributed by atoms with Crippen LogP contribution in [-0.2, 0) is 5.75 Å². The Bertz CT molecular complexity index is 1240. The summed E-state index contributed by atoms with van der Waals surface area (Å²) in [4.78, 5) is 22.7. The molecule has 5 rings (SSSR count). The van der Waals surface area contributed by atoms with Crippen LogP contribution in [0.5, 0.6) is 0 Å². The number of para-hydroxylation sites is 1. The molecule has 2 aromatic carbocycles. The minimum atomic E-state index is 0.0653. The molecule has 4 aromatic rings. The fourth-order valence-electron chi connectivity index (χ4n) is 4.05. The van der Waals surface area contributed by atoms with Crippen molar-refractivity contribution in [2.24, 2.45) is 0 Å². The van der Waals surface area contributed by atoms with Crippen LogP contribution in [0, 0.1) is 6.92 Å². The van der Waals surface area contributed by atoms with E-state index >= 15 is 0 Å². The Morgan fingerprint density at radius 1 is 1.07 bits per heavy atom. The summed E-state index contributed by atoms with van der Waals surface area (Å²) in [5.74, 6) is 1.22. The van der Waals surface area contributed by atoms with Crippen LogP contribution in [0.15, 0.2) is 69.2 Å². The van der Waals surface area contributed by atoms with Crippen molar-refractivity contribution in [2.75, 3.05) is 0 Å². The summed E-state index contributed by atoms with van der Waals surface area (Å²) in [7, 11) is 0. The second kappa shape index (κ2) is 8.11. The van der Waals surface area contributed by atoms with Crippen LogP contribution >= 0.6 is 11.8 Å². The smallest absolute Gasteiger partial charge is 0.262 e. The average Bonchev–Trinajstić information content (AvgIpc) is 3.45. The molecular formula is C24H23N3O2S. The van der Waals surface area contributed by atoms with E-state index in [0.29, 0.717) is 17.0 Å². The summed E-state index contributed by atoms with van der Waals surface area (Å²) in [6.45, 7) is 2.06.